The summed E-state index contributed by atoms with van der Waals surface area (Å²) >= 11 is 0. The lowest BCUT2D eigenvalue weighted by molar-refractivity contribution is -0.140. The van der Waals surface area contributed by atoms with Gasteiger partial charge in [0.25, 0.3) is 0 Å². The Morgan fingerprint density at radius 3 is 1.18 bits per heavy atom. The van der Waals surface area contributed by atoms with Crippen molar-refractivity contribution in [1.29, 1.82) is 0 Å². The third-order valence-electron chi connectivity index (χ3n) is 2.01. The van der Waals surface area contributed by atoms with Crippen molar-refractivity contribution in [3.05, 3.63) is 0 Å². The normalized spacial score (nSPS) is 8.35. The molecule has 0 N–H and O–H groups in total. The largest absolute Gasteiger partial charge is 0.466 e. The zero-order chi connectivity index (χ0) is 13.9. The van der Waals surface area contributed by atoms with E-state index in [1.165, 1.54) is 51.9 Å². The minimum atomic E-state index is -0.211. The molecule has 0 unspecified atom stereocenters. The lowest BCUT2D eigenvalue weighted by atomic mass is 10.2. The molecule has 2 nitrogen and oxygen atoms in total. The molecule has 0 fully saturated rings. The van der Waals surface area contributed by atoms with E-state index in [1.807, 2.05) is 0 Å². The van der Waals surface area contributed by atoms with Crippen molar-refractivity contribution in [2.24, 2.45) is 0 Å². The molecule has 0 bridgehead atoms. The average Bonchev–Trinajstić information content (AvgIpc) is 2.29. The summed E-state index contributed by atoms with van der Waals surface area (Å²) in [6.45, 7) is 12.5. The third kappa shape index (κ3) is 50.3. The van der Waals surface area contributed by atoms with Gasteiger partial charge in [0.2, 0.25) is 0 Å². The fourth-order valence-corrected chi connectivity index (χ4v) is 1.06. The maximum atomic E-state index is 9.82. The Bertz CT molecular complexity index is 116. The van der Waals surface area contributed by atoms with Crippen molar-refractivity contribution in [2.75, 3.05) is 6.61 Å². The van der Waals surface area contributed by atoms with Crippen LogP contribution in [0.4, 0.5) is 0 Å². The van der Waals surface area contributed by atoms with Gasteiger partial charge in [0.15, 0.2) is 0 Å². The number of esters is 1. The predicted octanol–water partition coefficient (Wildman–Crippen LogP) is 5.35. The van der Waals surface area contributed by atoms with E-state index in [2.05, 4.69) is 32.4 Å². The first kappa shape index (κ1) is 21.7. The van der Waals surface area contributed by atoms with Gasteiger partial charge in [-0.3, -0.25) is 4.79 Å². The van der Waals surface area contributed by atoms with Gasteiger partial charge >= 0.3 is 5.97 Å². The first-order valence-electron chi connectivity index (χ1n) is 7.23. The van der Waals surface area contributed by atoms with Crippen molar-refractivity contribution < 1.29 is 9.53 Å². The summed E-state index contributed by atoms with van der Waals surface area (Å²) in [5.41, 5.74) is 0. The van der Waals surface area contributed by atoms with Gasteiger partial charge < -0.3 is 4.74 Å². The maximum absolute atomic E-state index is 9.82. The molecule has 0 spiro atoms. The number of hydrogen-bond acceptors (Lipinski definition) is 2. The van der Waals surface area contributed by atoms with Gasteiger partial charge in [-0.15, -0.1) is 0 Å². The van der Waals surface area contributed by atoms with Gasteiger partial charge in [0.1, 0.15) is 0 Å². The molecule has 0 aliphatic carbocycles. The van der Waals surface area contributed by atoms with Crippen molar-refractivity contribution in [3.8, 4) is 0 Å². The molecule has 17 heavy (non-hydrogen) atoms. The predicted molar refractivity (Wildman–Crippen MR) is 77.3 cm³/mol. The second kappa shape index (κ2) is 24.6. The highest BCUT2D eigenvalue weighted by atomic mass is 16.5. The topological polar surface area (TPSA) is 26.3 Å². The van der Waals surface area contributed by atoms with Gasteiger partial charge in [0, 0.05) is 6.92 Å². The molecule has 0 rings (SSSR count). The smallest absolute Gasteiger partial charge is 0.302 e. The maximum Gasteiger partial charge on any atom is 0.302 e. The summed E-state index contributed by atoms with van der Waals surface area (Å²) in [4.78, 5) is 9.82. The van der Waals surface area contributed by atoms with Crippen LogP contribution in [0.15, 0.2) is 0 Å². The second-order valence-electron chi connectivity index (χ2n) is 3.99. The molecule has 0 aromatic rings. The zero-order valence-electron chi connectivity index (χ0n) is 13.0. The van der Waals surface area contributed by atoms with E-state index in [9.17, 15) is 4.79 Å². The SMILES string of the molecule is CCCCC.CCCCCC.CCOC(C)=O. The van der Waals surface area contributed by atoms with E-state index < -0.39 is 0 Å². The van der Waals surface area contributed by atoms with Crippen LogP contribution in [-0.4, -0.2) is 12.6 Å². The molecule has 0 aromatic heterocycles. The van der Waals surface area contributed by atoms with E-state index in [1.54, 1.807) is 6.92 Å². The van der Waals surface area contributed by atoms with Crippen LogP contribution >= 0.6 is 0 Å². The molecular formula is C15H34O2. The summed E-state index contributed by atoms with van der Waals surface area (Å²) in [5.74, 6) is -0.211. The highest BCUT2D eigenvalue weighted by molar-refractivity contribution is 5.65. The quantitative estimate of drug-likeness (QED) is 0.466. The van der Waals surface area contributed by atoms with Crippen LogP contribution in [0.5, 0.6) is 0 Å². The first-order chi connectivity index (χ1) is 8.10. The summed E-state index contributed by atoms with van der Waals surface area (Å²) < 4.78 is 4.40. The minimum Gasteiger partial charge on any atom is -0.466 e. The highest BCUT2D eigenvalue weighted by Crippen LogP contribution is 1.95. The number of carbonyl (C=O) groups excluding carboxylic acids is 1. The van der Waals surface area contributed by atoms with Gasteiger partial charge in [-0.1, -0.05) is 72.6 Å². The molecule has 2 heteroatoms. The van der Waals surface area contributed by atoms with Crippen LogP contribution in [0.3, 0.4) is 0 Å². The second-order valence-corrected chi connectivity index (χ2v) is 3.99. The van der Waals surface area contributed by atoms with E-state index >= 15 is 0 Å². The number of rotatable bonds is 6. The average molecular weight is 246 g/mol. The summed E-state index contributed by atoms with van der Waals surface area (Å²) in [6, 6.07) is 0. The molecule has 0 heterocycles. The highest BCUT2D eigenvalue weighted by Gasteiger charge is 1.81. The Balaban J connectivity index is -0.000000174. The molecule has 0 aliphatic heterocycles. The van der Waals surface area contributed by atoms with Crippen LogP contribution < -0.4 is 0 Å². The molecule has 0 radical (unpaired) electrons. The Hall–Kier alpha value is -0.530. The van der Waals surface area contributed by atoms with Crippen LogP contribution in [0.2, 0.25) is 0 Å². The van der Waals surface area contributed by atoms with Crippen LogP contribution in [0.25, 0.3) is 0 Å². The summed E-state index contributed by atoms with van der Waals surface area (Å²) in [7, 11) is 0. The van der Waals surface area contributed by atoms with Crippen molar-refractivity contribution in [1.82, 2.24) is 0 Å². The molecular weight excluding hydrogens is 212 g/mol. The number of ether oxygens (including phenoxy) is 1. The van der Waals surface area contributed by atoms with Gasteiger partial charge in [-0.25, -0.2) is 0 Å². The molecule has 0 amide bonds. The van der Waals surface area contributed by atoms with Gasteiger partial charge in [-0.05, 0) is 6.92 Å². The first-order valence-corrected chi connectivity index (χ1v) is 7.23. The summed E-state index contributed by atoms with van der Waals surface area (Å²) in [6.07, 6.45) is 9.61. The standard InChI is InChI=1S/C6H14.C5H12.C4H8O2/c1-3-5-6-4-2;1-3-5-4-2;1-3-6-4(2)5/h3-6H2,1-2H3;3-5H2,1-2H3;3H2,1-2H3. The number of carbonyl (C=O) groups is 1. The Labute approximate surface area is 109 Å². The van der Waals surface area contributed by atoms with Gasteiger partial charge in [-0.2, -0.15) is 0 Å². The van der Waals surface area contributed by atoms with E-state index in [-0.39, 0.29) is 5.97 Å². The van der Waals surface area contributed by atoms with E-state index in [0.29, 0.717) is 6.61 Å². The van der Waals surface area contributed by atoms with Crippen molar-refractivity contribution in [2.45, 2.75) is 86.5 Å². The van der Waals surface area contributed by atoms with Crippen LogP contribution in [0.1, 0.15) is 86.5 Å². The van der Waals surface area contributed by atoms with E-state index in [0.717, 1.165) is 0 Å². The Morgan fingerprint density at radius 2 is 1.12 bits per heavy atom. The number of unbranched alkanes of at least 4 members (excludes halogenated alkanes) is 5. The molecule has 0 atom stereocenters. The Kier molecular flexibility index (Phi) is 31.5. The lowest BCUT2D eigenvalue weighted by Gasteiger charge is -1.89. The lowest BCUT2D eigenvalue weighted by Crippen LogP contribution is -1.95. The van der Waals surface area contributed by atoms with Crippen molar-refractivity contribution >= 4 is 5.97 Å². The van der Waals surface area contributed by atoms with Crippen LogP contribution in [-0.2, 0) is 9.53 Å². The molecule has 0 aromatic carbocycles. The summed E-state index contributed by atoms with van der Waals surface area (Å²) in [5, 5.41) is 0. The molecule has 0 saturated carbocycles. The fourth-order valence-electron chi connectivity index (χ4n) is 1.06. The molecule has 106 valence electrons. The molecule has 0 saturated heterocycles. The third-order valence-corrected chi connectivity index (χ3v) is 2.01. The van der Waals surface area contributed by atoms with Gasteiger partial charge in [0.05, 0.1) is 6.61 Å². The fraction of sp³-hybridized carbons (Fsp3) is 0.933. The monoisotopic (exact) mass is 246 g/mol. The van der Waals surface area contributed by atoms with Crippen LogP contribution in [0, 0.1) is 0 Å². The molecule has 0 aliphatic rings. The number of hydrogen-bond donors (Lipinski definition) is 0. The minimum absolute atomic E-state index is 0.211. The van der Waals surface area contributed by atoms with E-state index in [4.69, 9.17) is 0 Å². The van der Waals surface area contributed by atoms with Crippen molar-refractivity contribution in [3.63, 3.8) is 0 Å². The Morgan fingerprint density at radius 1 is 0.765 bits per heavy atom. The zero-order valence-corrected chi connectivity index (χ0v) is 13.0.